The van der Waals surface area contributed by atoms with Gasteiger partial charge in [-0.15, -0.1) is 0 Å². The minimum Gasteiger partial charge on any atom is -0.453 e. The van der Waals surface area contributed by atoms with E-state index in [0.29, 0.717) is 11.1 Å². The lowest BCUT2D eigenvalue weighted by molar-refractivity contribution is -0.133. The maximum atomic E-state index is 15.5. The number of nitrogens with two attached hydrogens (primary N) is 1. The number of amides is 2. The maximum absolute atomic E-state index is 15.5. The number of benzene rings is 2. The zero-order chi connectivity index (χ0) is 26.3. The van der Waals surface area contributed by atoms with Crippen molar-refractivity contribution in [3.8, 4) is 22.6 Å². The minimum absolute atomic E-state index is 0.0406. The van der Waals surface area contributed by atoms with Crippen LogP contribution in [0, 0.1) is 22.9 Å². The van der Waals surface area contributed by atoms with Crippen LogP contribution in [0.1, 0.15) is 12.8 Å². The molecule has 5 rings (SSSR count). The van der Waals surface area contributed by atoms with Crippen LogP contribution in [0.5, 0.6) is 11.5 Å². The van der Waals surface area contributed by atoms with Crippen molar-refractivity contribution in [3.63, 3.8) is 0 Å². The summed E-state index contributed by atoms with van der Waals surface area (Å²) in [5.74, 6) is -4.52. The molecule has 1 aliphatic rings. The van der Waals surface area contributed by atoms with Crippen molar-refractivity contribution < 1.29 is 27.5 Å². The number of nitrogens with zero attached hydrogens (tertiary/aromatic N) is 4. The largest absolute Gasteiger partial charge is 0.453 e. The van der Waals surface area contributed by atoms with E-state index in [4.69, 9.17) is 10.5 Å². The van der Waals surface area contributed by atoms with E-state index < -0.39 is 46.1 Å². The molecule has 1 saturated carbocycles. The molecule has 0 aliphatic heterocycles. The molecule has 0 saturated heterocycles. The van der Waals surface area contributed by atoms with Crippen molar-refractivity contribution in [1.82, 2.24) is 14.8 Å². The Morgan fingerprint density at radius 3 is 2.38 bits per heavy atom. The van der Waals surface area contributed by atoms with Gasteiger partial charge in [-0.1, -0.05) is 0 Å². The first-order valence-electron chi connectivity index (χ1n) is 11.2. The van der Waals surface area contributed by atoms with Crippen molar-refractivity contribution in [3.05, 3.63) is 84.7 Å². The minimum atomic E-state index is -1.54. The fourth-order valence-electron chi connectivity index (χ4n) is 3.99. The molecule has 0 unspecified atom stereocenters. The molecule has 4 aromatic rings. The monoisotopic (exact) mass is 507 g/mol. The number of ether oxygens (including phenoxy) is 1. The summed E-state index contributed by atoms with van der Waals surface area (Å²) in [6, 6.07) is 7.65. The van der Waals surface area contributed by atoms with Gasteiger partial charge in [-0.3, -0.25) is 24.2 Å². The van der Waals surface area contributed by atoms with E-state index in [1.807, 2.05) is 0 Å². The molecular formula is C26H20F3N5O3. The van der Waals surface area contributed by atoms with Crippen LogP contribution < -0.4 is 15.4 Å². The molecule has 2 aromatic carbocycles. The van der Waals surface area contributed by atoms with Gasteiger partial charge in [0, 0.05) is 54.6 Å². The molecule has 2 aromatic heterocycles. The van der Waals surface area contributed by atoms with Gasteiger partial charge in [-0.05, 0) is 43.2 Å². The second-order valence-electron chi connectivity index (χ2n) is 8.67. The molecule has 2 N–H and O–H groups in total. The SMILES string of the molecule is Cn1cc(-c2cnccc2Oc2cc(F)c(N(C(=O)C3(C(N)=O)CC3)c3ccc(F)cc3)cc2F)cn1. The van der Waals surface area contributed by atoms with Gasteiger partial charge in [0.15, 0.2) is 17.4 Å². The highest BCUT2D eigenvalue weighted by Crippen LogP contribution is 2.49. The molecule has 11 heteroatoms. The van der Waals surface area contributed by atoms with Crippen molar-refractivity contribution >= 4 is 23.2 Å². The van der Waals surface area contributed by atoms with Crippen LogP contribution in [-0.2, 0) is 16.6 Å². The molecular weight excluding hydrogens is 487 g/mol. The number of primary amides is 1. The predicted octanol–water partition coefficient (Wildman–Crippen LogP) is 4.62. The molecule has 2 heterocycles. The van der Waals surface area contributed by atoms with Crippen molar-refractivity contribution in [2.24, 2.45) is 18.2 Å². The fourth-order valence-corrected chi connectivity index (χ4v) is 3.99. The molecule has 37 heavy (non-hydrogen) atoms. The summed E-state index contributed by atoms with van der Waals surface area (Å²) < 4.78 is 51.6. The first-order valence-corrected chi connectivity index (χ1v) is 11.2. The summed E-state index contributed by atoms with van der Waals surface area (Å²) in [6.07, 6.45) is 6.56. The number of carbonyl (C=O) groups excluding carboxylic acids is 2. The van der Waals surface area contributed by atoms with Gasteiger partial charge in [0.25, 0.3) is 0 Å². The number of aryl methyl sites for hydroxylation is 1. The normalized spacial score (nSPS) is 13.7. The van der Waals surface area contributed by atoms with Gasteiger partial charge in [0.1, 0.15) is 17.0 Å². The van der Waals surface area contributed by atoms with E-state index in [9.17, 15) is 14.0 Å². The number of hydrogen-bond donors (Lipinski definition) is 1. The zero-order valence-corrected chi connectivity index (χ0v) is 19.5. The Morgan fingerprint density at radius 1 is 1.03 bits per heavy atom. The first-order chi connectivity index (χ1) is 17.7. The number of carbonyl (C=O) groups is 2. The summed E-state index contributed by atoms with van der Waals surface area (Å²) in [5, 5.41) is 4.10. The van der Waals surface area contributed by atoms with E-state index in [0.717, 1.165) is 29.2 Å². The second-order valence-corrected chi connectivity index (χ2v) is 8.67. The summed E-state index contributed by atoms with van der Waals surface area (Å²) in [5.41, 5.74) is 4.62. The molecule has 188 valence electrons. The van der Waals surface area contributed by atoms with E-state index in [1.54, 1.807) is 24.1 Å². The van der Waals surface area contributed by atoms with E-state index >= 15 is 8.78 Å². The highest BCUT2D eigenvalue weighted by atomic mass is 19.1. The summed E-state index contributed by atoms with van der Waals surface area (Å²) >= 11 is 0. The second kappa shape index (κ2) is 9.08. The van der Waals surface area contributed by atoms with E-state index in [1.165, 1.54) is 30.6 Å². The third-order valence-corrected chi connectivity index (χ3v) is 6.18. The summed E-state index contributed by atoms with van der Waals surface area (Å²) in [4.78, 5) is 30.3. The lowest BCUT2D eigenvalue weighted by Gasteiger charge is -2.27. The number of rotatable bonds is 7. The van der Waals surface area contributed by atoms with Gasteiger partial charge < -0.3 is 10.5 Å². The molecule has 0 spiro atoms. The van der Waals surface area contributed by atoms with Gasteiger partial charge in [-0.25, -0.2) is 13.2 Å². The Bertz CT molecular complexity index is 1520. The topological polar surface area (TPSA) is 103 Å². The number of aromatic nitrogens is 3. The number of pyridine rings is 1. The average Bonchev–Trinajstić information content (AvgIpc) is 3.59. The van der Waals surface area contributed by atoms with Crippen LogP contribution in [0.4, 0.5) is 24.5 Å². The molecule has 1 aliphatic carbocycles. The predicted molar refractivity (Wildman–Crippen MR) is 127 cm³/mol. The van der Waals surface area contributed by atoms with Crippen molar-refractivity contribution in [2.75, 3.05) is 4.90 Å². The average molecular weight is 507 g/mol. The summed E-state index contributed by atoms with van der Waals surface area (Å²) in [6.45, 7) is 0. The Labute approximate surface area is 209 Å². The molecule has 0 atom stereocenters. The smallest absolute Gasteiger partial charge is 0.247 e. The van der Waals surface area contributed by atoms with Gasteiger partial charge in [0.05, 0.1) is 11.9 Å². The Hall–Kier alpha value is -4.67. The van der Waals surface area contributed by atoms with Gasteiger partial charge in [-0.2, -0.15) is 5.10 Å². The third-order valence-electron chi connectivity index (χ3n) is 6.18. The molecule has 2 amide bonds. The first kappa shape index (κ1) is 24.0. The lowest BCUT2D eigenvalue weighted by Crippen LogP contribution is -2.41. The Balaban J connectivity index is 1.55. The summed E-state index contributed by atoms with van der Waals surface area (Å²) in [7, 11) is 1.73. The van der Waals surface area contributed by atoms with Crippen LogP contribution in [0.15, 0.2) is 67.3 Å². The van der Waals surface area contributed by atoms with Crippen molar-refractivity contribution in [2.45, 2.75) is 12.8 Å². The van der Waals surface area contributed by atoms with Crippen LogP contribution in [0.3, 0.4) is 0 Å². The standard InChI is InChI=1S/C26H20F3N5O3/c1-33-14-15(12-32-33)18-13-31-9-6-22(18)37-23-11-19(28)21(10-20(23)29)34(17-4-2-16(27)3-5-17)25(36)26(7-8-26)24(30)35/h2-6,9-14H,7-8H2,1H3,(H2,30,35). The molecule has 0 bridgehead atoms. The number of hydrogen-bond acceptors (Lipinski definition) is 5. The maximum Gasteiger partial charge on any atom is 0.247 e. The third kappa shape index (κ3) is 4.39. The lowest BCUT2D eigenvalue weighted by atomic mass is 10.0. The van der Waals surface area contributed by atoms with Crippen LogP contribution in [0.2, 0.25) is 0 Å². The highest BCUT2D eigenvalue weighted by Gasteiger charge is 2.57. The molecule has 1 fully saturated rings. The number of anilines is 2. The zero-order valence-electron chi connectivity index (χ0n) is 19.5. The van der Waals surface area contributed by atoms with E-state index in [2.05, 4.69) is 10.1 Å². The van der Waals surface area contributed by atoms with Crippen LogP contribution in [-0.4, -0.2) is 26.6 Å². The molecule has 0 radical (unpaired) electrons. The highest BCUT2D eigenvalue weighted by molar-refractivity contribution is 6.16. The quantitative estimate of drug-likeness (QED) is 0.368. The van der Waals surface area contributed by atoms with Crippen LogP contribution in [0.25, 0.3) is 11.1 Å². The molecule has 8 nitrogen and oxygen atoms in total. The van der Waals surface area contributed by atoms with Gasteiger partial charge in [0.2, 0.25) is 11.8 Å². The van der Waals surface area contributed by atoms with Gasteiger partial charge >= 0.3 is 0 Å². The van der Waals surface area contributed by atoms with Crippen LogP contribution >= 0.6 is 0 Å². The Morgan fingerprint density at radius 2 is 1.76 bits per heavy atom. The van der Waals surface area contributed by atoms with E-state index in [-0.39, 0.29) is 24.3 Å². The van der Waals surface area contributed by atoms with Crippen molar-refractivity contribution in [1.29, 1.82) is 0 Å². The number of halogens is 3. The fraction of sp³-hybridized carbons (Fsp3) is 0.154. The Kier molecular flexibility index (Phi) is 5.90.